The van der Waals surface area contributed by atoms with Gasteiger partial charge >= 0.3 is 0 Å². The summed E-state index contributed by atoms with van der Waals surface area (Å²) in [7, 11) is 0. The molecule has 0 fully saturated rings. The Labute approximate surface area is 171 Å². The van der Waals surface area contributed by atoms with Crippen molar-refractivity contribution in [2.24, 2.45) is 5.10 Å². The highest BCUT2D eigenvalue weighted by atomic mass is 79.9. The van der Waals surface area contributed by atoms with Gasteiger partial charge in [0, 0.05) is 15.1 Å². The Bertz CT molecular complexity index is 924. The predicted molar refractivity (Wildman–Crippen MR) is 111 cm³/mol. The number of hydrogen-bond acceptors (Lipinski definition) is 3. The number of ether oxygens (including phenoxy) is 1. The van der Waals surface area contributed by atoms with E-state index in [0.717, 1.165) is 21.3 Å². The van der Waals surface area contributed by atoms with Crippen molar-refractivity contribution >= 4 is 39.7 Å². The Hall–Kier alpha value is -2.63. The number of hydrazone groups is 1. The first-order chi connectivity index (χ1) is 13.1. The summed E-state index contributed by atoms with van der Waals surface area (Å²) in [4.78, 5) is 12.0. The van der Waals surface area contributed by atoms with Gasteiger partial charge in [-0.25, -0.2) is 5.43 Å². The predicted octanol–water partition coefficient (Wildman–Crippen LogP) is 5.45. The highest BCUT2D eigenvalue weighted by Gasteiger charge is 2.03. The molecule has 0 spiro atoms. The summed E-state index contributed by atoms with van der Waals surface area (Å²) >= 11 is 9.20. The summed E-state index contributed by atoms with van der Waals surface area (Å²) < 4.78 is 6.65. The Morgan fingerprint density at radius 3 is 2.33 bits per heavy atom. The van der Waals surface area contributed by atoms with E-state index in [0.29, 0.717) is 17.2 Å². The first-order valence-corrected chi connectivity index (χ1v) is 9.33. The standard InChI is InChI=1S/C21H16BrClN2O2/c22-18-7-5-17(6-8-18)21(26)25-24-13-15-3-11-20(12-4-15)27-14-16-1-9-19(23)10-2-16/h1-13H,14H2,(H,25,26). The third-order valence-corrected chi connectivity index (χ3v) is 4.47. The van der Waals surface area contributed by atoms with Gasteiger partial charge in [0.05, 0.1) is 6.21 Å². The van der Waals surface area contributed by atoms with Gasteiger partial charge in [-0.05, 0) is 71.8 Å². The van der Waals surface area contributed by atoms with Crippen LogP contribution in [0.5, 0.6) is 5.75 Å². The fraction of sp³-hybridized carbons (Fsp3) is 0.0476. The summed E-state index contributed by atoms with van der Waals surface area (Å²) in [6.45, 7) is 0.466. The van der Waals surface area contributed by atoms with Crippen LogP contribution in [0.2, 0.25) is 5.02 Å². The molecule has 3 rings (SSSR count). The van der Waals surface area contributed by atoms with Crippen molar-refractivity contribution in [3.8, 4) is 5.75 Å². The van der Waals surface area contributed by atoms with Gasteiger partial charge in [0.25, 0.3) is 5.91 Å². The minimum atomic E-state index is -0.262. The van der Waals surface area contributed by atoms with Gasteiger partial charge in [-0.3, -0.25) is 4.79 Å². The van der Waals surface area contributed by atoms with Crippen molar-refractivity contribution in [3.05, 3.63) is 99.0 Å². The van der Waals surface area contributed by atoms with E-state index in [1.165, 1.54) is 0 Å². The van der Waals surface area contributed by atoms with Crippen LogP contribution >= 0.6 is 27.5 Å². The first kappa shape index (κ1) is 19.1. The molecule has 27 heavy (non-hydrogen) atoms. The second-order valence-corrected chi connectivity index (χ2v) is 7.04. The molecule has 1 N–H and O–H groups in total. The molecule has 0 saturated carbocycles. The lowest BCUT2D eigenvalue weighted by molar-refractivity contribution is 0.0955. The number of hydrogen-bond donors (Lipinski definition) is 1. The molecular weight excluding hydrogens is 428 g/mol. The number of nitrogens with zero attached hydrogens (tertiary/aromatic N) is 1. The van der Waals surface area contributed by atoms with Crippen LogP contribution < -0.4 is 10.2 Å². The number of benzene rings is 3. The normalized spacial score (nSPS) is 10.7. The number of amides is 1. The van der Waals surface area contributed by atoms with Gasteiger partial charge in [0.1, 0.15) is 12.4 Å². The maximum Gasteiger partial charge on any atom is 0.271 e. The molecule has 136 valence electrons. The Morgan fingerprint density at radius 1 is 1.00 bits per heavy atom. The van der Waals surface area contributed by atoms with Gasteiger partial charge in [0.2, 0.25) is 0 Å². The second-order valence-electron chi connectivity index (χ2n) is 5.69. The molecule has 0 bridgehead atoms. The summed E-state index contributed by atoms with van der Waals surface area (Å²) in [5.74, 6) is 0.489. The van der Waals surface area contributed by atoms with Crippen molar-refractivity contribution < 1.29 is 9.53 Å². The van der Waals surface area contributed by atoms with Crippen LogP contribution in [0.25, 0.3) is 0 Å². The topological polar surface area (TPSA) is 50.7 Å². The van der Waals surface area contributed by atoms with Gasteiger partial charge in [-0.2, -0.15) is 5.10 Å². The molecule has 0 saturated heterocycles. The number of halogens is 2. The number of carbonyl (C=O) groups excluding carboxylic acids is 1. The minimum absolute atomic E-state index is 0.262. The lowest BCUT2D eigenvalue weighted by Crippen LogP contribution is -2.17. The summed E-state index contributed by atoms with van der Waals surface area (Å²) in [6, 6.07) is 22.0. The third kappa shape index (κ3) is 5.94. The molecule has 1 amide bonds. The smallest absolute Gasteiger partial charge is 0.271 e. The van der Waals surface area contributed by atoms with E-state index in [4.69, 9.17) is 16.3 Å². The fourth-order valence-corrected chi connectivity index (χ4v) is 2.62. The third-order valence-electron chi connectivity index (χ3n) is 3.68. The molecule has 4 nitrogen and oxygen atoms in total. The molecule has 0 aromatic heterocycles. The maximum absolute atomic E-state index is 12.0. The minimum Gasteiger partial charge on any atom is -0.489 e. The fourth-order valence-electron chi connectivity index (χ4n) is 2.23. The summed E-state index contributed by atoms with van der Waals surface area (Å²) in [6.07, 6.45) is 1.58. The molecular formula is C21H16BrClN2O2. The van der Waals surface area contributed by atoms with E-state index in [-0.39, 0.29) is 5.91 Å². The number of carbonyl (C=O) groups is 1. The maximum atomic E-state index is 12.0. The lowest BCUT2D eigenvalue weighted by Gasteiger charge is -2.06. The molecule has 3 aromatic carbocycles. The van der Waals surface area contributed by atoms with Crippen molar-refractivity contribution in [1.29, 1.82) is 0 Å². The number of nitrogens with one attached hydrogen (secondary N) is 1. The van der Waals surface area contributed by atoms with E-state index < -0.39 is 0 Å². The molecule has 0 aliphatic rings. The average molecular weight is 444 g/mol. The number of rotatable bonds is 6. The SMILES string of the molecule is O=C(NN=Cc1ccc(OCc2ccc(Cl)cc2)cc1)c1ccc(Br)cc1. The van der Waals surface area contributed by atoms with Crippen LogP contribution in [0.15, 0.2) is 82.4 Å². The molecule has 3 aromatic rings. The van der Waals surface area contributed by atoms with Gasteiger partial charge in [-0.1, -0.05) is 39.7 Å². The average Bonchev–Trinajstić information content (AvgIpc) is 2.69. The zero-order valence-electron chi connectivity index (χ0n) is 14.2. The van der Waals surface area contributed by atoms with Crippen LogP contribution in [0.3, 0.4) is 0 Å². The van der Waals surface area contributed by atoms with E-state index in [1.807, 2.05) is 48.5 Å². The molecule has 0 unspecified atom stereocenters. The zero-order valence-corrected chi connectivity index (χ0v) is 16.6. The van der Waals surface area contributed by atoms with Crippen LogP contribution in [-0.4, -0.2) is 12.1 Å². The highest BCUT2D eigenvalue weighted by Crippen LogP contribution is 2.15. The van der Waals surface area contributed by atoms with E-state index in [1.54, 1.807) is 30.5 Å². The highest BCUT2D eigenvalue weighted by molar-refractivity contribution is 9.10. The van der Waals surface area contributed by atoms with Crippen LogP contribution in [0, 0.1) is 0 Å². The second kappa shape index (κ2) is 9.35. The molecule has 0 atom stereocenters. The van der Waals surface area contributed by atoms with E-state index in [9.17, 15) is 4.79 Å². The Kier molecular flexibility index (Phi) is 6.63. The van der Waals surface area contributed by atoms with Crippen molar-refractivity contribution in [2.75, 3.05) is 0 Å². The Morgan fingerprint density at radius 2 is 1.67 bits per heavy atom. The van der Waals surface area contributed by atoms with Crippen LogP contribution in [0.1, 0.15) is 21.5 Å². The van der Waals surface area contributed by atoms with Gasteiger partial charge in [0.15, 0.2) is 0 Å². The molecule has 0 radical (unpaired) electrons. The summed E-state index contributed by atoms with van der Waals surface area (Å²) in [5, 5.41) is 4.69. The largest absolute Gasteiger partial charge is 0.489 e. The van der Waals surface area contributed by atoms with Crippen LogP contribution in [-0.2, 0) is 6.61 Å². The monoisotopic (exact) mass is 442 g/mol. The van der Waals surface area contributed by atoms with E-state index in [2.05, 4.69) is 26.5 Å². The van der Waals surface area contributed by atoms with Crippen LogP contribution in [0.4, 0.5) is 0 Å². The van der Waals surface area contributed by atoms with Gasteiger partial charge in [-0.15, -0.1) is 0 Å². The summed E-state index contributed by atoms with van der Waals surface area (Å²) in [5.41, 5.74) is 4.94. The molecule has 6 heteroatoms. The lowest BCUT2D eigenvalue weighted by atomic mass is 10.2. The quantitative estimate of drug-likeness (QED) is 0.407. The van der Waals surface area contributed by atoms with Gasteiger partial charge < -0.3 is 4.74 Å². The molecule has 0 aliphatic carbocycles. The zero-order chi connectivity index (χ0) is 19.1. The molecule has 0 heterocycles. The first-order valence-electron chi connectivity index (χ1n) is 8.16. The Balaban J connectivity index is 1.50. The van der Waals surface area contributed by atoms with Crippen molar-refractivity contribution in [1.82, 2.24) is 5.43 Å². The van der Waals surface area contributed by atoms with Crippen molar-refractivity contribution in [3.63, 3.8) is 0 Å². The van der Waals surface area contributed by atoms with E-state index >= 15 is 0 Å². The van der Waals surface area contributed by atoms with Crippen molar-refractivity contribution in [2.45, 2.75) is 6.61 Å². The molecule has 0 aliphatic heterocycles.